The number of hydrogen-bond acceptors (Lipinski definition) is 2. The molecule has 0 saturated heterocycles. The van der Waals surface area contributed by atoms with Crippen molar-refractivity contribution in [3.8, 4) is 0 Å². The number of hydrogen-bond donors (Lipinski definition) is 2. The average Bonchev–Trinajstić information content (AvgIpc) is 2.52. The first kappa shape index (κ1) is 16.1. The van der Waals surface area contributed by atoms with E-state index in [4.69, 9.17) is 0 Å². The van der Waals surface area contributed by atoms with Gasteiger partial charge in [0.05, 0.1) is 0 Å². The van der Waals surface area contributed by atoms with Crippen LogP contribution >= 0.6 is 0 Å². The summed E-state index contributed by atoms with van der Waals surface area (Å²) in [6.45, 7) is 2.33. The molecule has 0 aliphatic rings. The molecular formula is C17H18F2N2O. The maximum Gasteiger partial charge on any atom is 0.251 e. The van der Waals surface area contributed by atoms with E-state index in [9.17, 15) is 13.6 Å². The lowest BCUT2D eigenvalue weighted by atomic mass is 10.1. The van der Waals surface area contributed by atoms with Crippen LogP contribution in [0.1, 0.15) is 34.5 Å². The van der Waals surface area contributed by atoms with Crippen molar-refractivity contribution < 1.29 is 13.6 Å². The van der Waals surface area contributed by atoms with Gasteiger partial charge in [0.1, 0.15) is 11.6 Å². The topological polar surface area (TPSA) is 41.1 Å². The molecule has 0 aromatic heterocycles. The van der Waals surface area contributed by atoms with Crippen LogP contribution in [-0.2, 0) is 6.54 Å². The second-order valence-corrected chi connectivity index (χ2v) is 5.04. The first-order chi connectivity index (χ1) is 10.5. The molecule has 1 amide bonds. The number of amides is 1. The van der Waals surface area contributed by atoms with Crippen molar-refractivity contribution in [3.05, 3.63) is 70.8 Å². The SMILES string of the molecule is CNC(=O)c1ccc(CNC(C)c2ccc(F)cc2F)cc1. The van der Waals surface area contributed by atoms with Gasteiger partial charge >= 0.3 is 0 Å². The van der Waals surface area contributed by atoms with Gasteiger partial charge in [-0.3, -0.25) is 4.79 Å². The highest BCUT2D eigenvalue weighted by Gasteiger charge is 2.11. The summed E-state index contributed by atoms with van der Waals surface area (Å²) in [6.07, 6.45) is 0. The second-order valence-electron chi connectivity index (χ2n) is 5.04. The summed E-state index contributed by atoms with van der Waals surface area (Å²) >= 11 is 0. The Hall–Kier alpha value is -2.27. The number of halogens is 2. The van der Waals surface area contributed by atoms with E-state index in [2.05, 4.69) is 10.6 Å². The minimum atomic E-state index is -0.585. The Labute approximate surface area is 128 Å². The molecule has 0 aliphatic heterocycles. The molecule has 1 unspecified atom stereocenters. The fourth-order valence-electron chi connectivity index (χ4n) is 2.15. The number of carbonyl (C=O) groups excluding carboxylic acids is 1. The summed E-state index contributed by atoms with van der Waals surface area (Å²) in [4.78, 5) is 11.4. The number of carbonyl (C=O) groups is 1. The van der Waals surface area contributed by atoms with E-state index in [1.165, 1.54) is 12.1 Å². The van der Waals surface area contributed by atoms with Gasteiger partial charge in [-0.15, -0.1) is 0 Å². The number of benzene rings is 2. The highest BCUT2D eigenvalue weighted by atomic mass is 19.1. The summed E-state index contributed by atoms with van der Waals surface area (Å²) in [5, 5.41) is 5.73. The zero-order valence-electron chi connectivity index (χ0n) is 12.5. The van der Waals surface area contributed by atoms with E-state index in [-0.39, 0.29) is 11.9 Å². The molecule has 0 bridgehead atoms. The quantitative estimate of drug-likeness (QED) is 0.891. The van der Waals surface area contributed by atoms with Crippen LogP contribution in [0.4, 0.5) is 8.78 Å². The van der Waals surface area contributed by atoms with E-state index in [1.54, 1.807) is 19.2 Å². The van der Waals surface area contributed by atoms with Gasteiger partial charge in [-0.1, -0.05) is 18.2 Å². The van der Waals surface area contributed by atoms with Gasteiger partial charge in [0.15, 0.2) is 0 Å². The van der Waals surface area contributed by atoms with Crippen LogP contribution in [0.15, 0.2) is 42.5 Å². The van der Waals surface area contributed by atoms with Gasteiger partial charge in [0.2, 0.25) is 0 Å². The standard InChI is InChI=1S/C17H18F2N2O/c1-11(15-8-7-14(18)9-16(15)19)21-10-12-3-5-13(6-4-12)17(22)20-2/h3-9,11,21H,10H2,1-2H3,(H,20,22). The van der Waals surface area contributed by atoms with Crippen molar-refractivity contribution in [2.24, 2.45) is 0 Å². The Balaban J connectivity index is 1.98. The van der Waals surface area contributed by atoms with Crippen molar-refractivity contribution in [3.63, 3.8) is 0 Å². The van der Waals surface area contributed by atoms with E-state index >= 15 is 0 Å². The van der Waals surface area contributed by atoms with E-state index < -0.39 is 11.6 Å². The van der Waals surface area contributed by atoms with Crippen LogP contribution in [0.3, 0.4) is 0 Å². The van der Waals surface area contributed by atoms with E-state index in [0.29, 0.717) is 17.7 Å². The molecule has 0 aliphatic carbocycles. The largest absolute Gasteiger partial charge is 0.355 e. The highest BCUT2D eigenvalue weighted by molar-refractivity contribution is 5.93. The minimum absolute atomic E-state index is 0.138. The molecule has 22 heavy (non-hydrogen) atoms. The van der Waals surface area contributed by atoms with Gasteiger partial charge < -0.3 is 10.6 Å². The Bertz CT molecular complexity index is 656. The van der Waals surface area contributed by atoms with Crippen LogP contribution in [-0.4, -0.2) is 13.0 Å². The summed E-state index contributed by atoms with van der Waals surface area (Å²) in [5.41, 5.74) is 1.98. The molecule has 3 nitrogen and oxygen atoms in total. The van der Waals surface area contributed by atoms with Crippen LogP contribution in [0.25, 0.3) is 0 Å². The average molecular weight is 304 g/mol. The maximum atomic E-state index is 13.7. The van der Waals surface area contributed by atoms with Gasteiger partial charge in [-0.2, -0.15) is 0 Å². The molecule has 5 heteroatoms. The zero-order chi connectivity index (χ0) is 16.1. The molecule has 2 N–H and O–H groups in total. The smallest absolute Gasteiger partial charge is 0.251 e. The van der Waals surface area contributed by atoms with Crippen molar-refractivity contribution in [2.45, 2.75) is 19.5 Å². The van der Waals surface area contributed by atoms with Crippen LogP contribution < -0.4 is 10.6 Å². The minimum Gasteiger partial charge on any atom is -0.355 e. The molecular weight excluding hydrogens is 286 g/mol. The van der Waals surface area contributed by atoms with Crippen molar-refractivity contribution in [1.82, 2.24) is 10.6 Å². The Kier molecular flexibility index (Phi) is 5.22. The Morgan fingerprint density at radius 3 is 2.41 bits per heavy atom. The fourth-order valence-corrected chi connectivity index (χ4v) is 2.15. The summed E-state index contributed by atoms with van der Waals surface area (Å²) in [6, 6.07) is 10.5. The summed E-state index contributed by atoms with van der Waals surface area (Å²) in [7, 11) is 1.58. The molecule has 2 aromatic carbocycles. The number of nitrogens with one attached hydrogen (secondary N) is 2. The lowest BCUT2D eigenvalue weighted by molar-refractivity contribution is 0.0963. The van der Waals surface area contributed by atoms with Gasteiger partial charge in [0.25, 0.3) is 5.91 Å². The molecule has 0 heterocycles. The van der Waals surface area contributed by atoms with Gasteiger partial charge in [0, 0.05) is 36.8 Å². The molecule has 0 fully saturated rings. The zero-order valence-corrected chi connectivity index (χ0v) is 12.5. The molecule has 2 aromatic rings. The van der Waals surface area contributed by atoms with Gasteiger partial charge in [-0.25, -0.2) is 8.78 Å². The molecule has 0 saturated carbocycles. The first-order valence-corrected chi connectivity index (χ1v) is 7.00. The van der Waals surface area contributed by atoms with Crippen molar-refractivity contribution >= 4 is 5.91 Å². The summed E-state index contributed by atoms with van der Waals surface area (Å²) < 4.78 is 26.6. The van der Waals surface area contributed by atoms with Crippen LogP contribution in [0.2, 0.25) is 0 Å². The second kappa shape index (κ2) is 7.13. The Morgan fingerprint density at radius 2 is 1.82 bits per heavy atom. The highest BCUT2D eigenvalue weighted by Crippen LogP contribution is 2.18. The monoisotopic (exact) mass is 304 g/mol. The van der Waals surface area contributed by atoms with Gasteiger partial charge in [-0.05, 0) is 30.7 Å². The van der Waals surface area contributed by atoms with Crippen molar-refractivity contribution in [2.75, 3.05) is 7.05 Å². The third kappa shape index (κ3) is 3.89. The molecule has 0 spiro atoms. The predicted molar refractivity (Wildman–Crippen MR) is 81.4 cm³/mol. The summed E-state index contributed by atoms with van der Waals surface area (Å²) in [5.74, 6) is -1.28. The van der Waals surface area contributed by atoms with Crippen LogP contribution in [0.5, 0.6) is 0 Å². The van der Waals surface area contributed by atoms with E-state index in [0.717, 1.165) is 11.6 Å². The molecule has 1 atom stereocenters. The van der Waals surface area contributed by atoms with Crippen molar-refractivity contribution in [1.29, 1.82) is 0 Å². The van der Waals surface area contributed by atoms with Crippen LogP contribution in [0, 0.1) is 11.6 Å². The normalized spacial score (nSPS) is 12.0. The Morgan fingerprint density at radius 1 is 1.14 bits per heavy atom. The number of rotatable bonds is 5. The molecule has 116 valence electrons. The van der Waals surface area contributed by atoms with E-state index in [1.807, 2.05) is 19.1 Å². The fraction of sp³-hybridized carbons (Fsp3) is 0.235. The third-order valence-electron chi connectivity index (χ3n) is 3.48. The lowest BCUT2D eigenvalue weighted by Gasteiger charge is -2.15. The lowest BCUT2D eigenvalue weighted by Crippen LogP contribution is -2.20. The third-order valence-corrected chi connectivity index (χ3v) is 3.48. The molecule has 2 rings (SSSR count). The predicted octanol–water partition coefficient (Wildman–Crippen LogP) is 3.18. The first-order valence-electron chi connectivity index (χ1n) is 7.00. The maximum absolute atomic E-state index is 13.7. The molecule has 0 radical (unpaired) electrons.